The lowest BCUT2D eigenvalue weighted by atomic mass is 10.0. The van der Waals surface area contributed by atoms with Gasteiger partial charge >= 0.3 is 6.61 Å². The van der Waals surface area contributed by atoms with Crippen molar-refractivity contribution in [1.82, 2.24) is 14.7 Å². The summed E-state index contributed by atoms with van der Waals surface area (Å²) in [6.45, 7) is 2.98. The molecule has 0 radical (unpaired) electrons. The van der Waals surface area contributed by atoms with Gasteiger partial charge in [-0.05, 0) is 31.4 Å². The number of amides is 1. The summed E-state index contributed by atoms with van der Waals surface area (Å²) in [4.78, 5) is 15.7. The van der Waals surface area contributed by atoms with Gasteiger partial charge in [0.2, 0.25) is 5.91 Å². The van der Waals surface area contributed by atoms with Crippen molar-refractivity contribution in [2.45, 2.75) is 52.3 Å². The van der Waals surface area contributed by atoms with Gasteiger partial charge in [0.25, 0.3) is 0 Å². The van der Waals surface area contributed by atoms with Gasteiger partial charge in [0.05, 0.1) is 12.6 Å². The van der Waals surface area contributed by atoms with Crippen molar-refractivity contribution in [2.75, 3.05) is 31.7 Å². The Kier molecular flexibility index (Phi) is 6.13. The number of aryl methyl sites for hydroxylation is 1. The van der Waals surface area contributed by atoms with Crippen LogP contribution in [0.25, 0.3) is 0 Å². The average molecular weight is 434 g/mol. The number of carbonyl (C=O) groups excluding carboxylic acids is 1. The fraction of sp³-hybridized carbons (Fsp3) is 0.545. The summed E-state index contributed by atoms with van der Waals surface area (Å²) >= 11 is 0. The number of aromatic nitrogens is 2. The molecule has 168 valence electrons. The maximum Gasteiger partial charge on any atom is 0.387 e. The summed E-state index contributed by atoms with van der Waals surface area (Å²) in [5.74, 6) is 0.905. The molecule has 0 aliphatic carbocycles. The smallest absolute Gasteiger partial charge is 0.387 e. The van der Waals surface area contributed by atoms with Crippen LogP contribution in [0.5, 0.6) is 5.75 Å². The second-order valence-corrected chi connectivity index (χ2v) is 8.11. The van der Waals surface area contributed by atoms with E-state index >= 15 is 0 Å². The van der Waals surface area contributed by atoms with Crippen LogP contribution in [0.15, 0.2) is 18.2 Å². The molecule has 0 N–H and O–H groups in total. The Hall–Kier alpha value is -2.68. The van der Waals surface area contributed by atoms with Crippen LogP contribution in [-0.4, -0.2) is 54.0 Å². The topological polar surface area (TPSA) is 59.8 Å². The van der Waals surface area contributed by atoms with Crippen molar-refractivity contribution in [3.63, 3.8) is 0 Å². The van der Waals surface area contributed by atoms with Crippen LogP contribution < -0.4 is 9.64 Å². The van der Waals surface area contributed by atoms with Gasteiger partial charge in [0, 0.05) is 63.2 Å². The number of ether oxygens (including phenoxy) is 2. The van der Waals surface area contributed by atoms with E-state index in [0.717, 1.165) is 36.3 Å². The van der Waals surface area contributed by atoms with Crippen molar-refractivity contribution >= 4 is 17.4 Å². The van der Waals surface area contributed by atoms with Crippen molar-refractivity contribution in [3.05, 3.63) is 35.0 Å². The molecule has 0 saturated carbocycles. The Balaban J connectivity index is 1.73. The molecule has 2 aliphatic heterocycles. The molecule has 0 atom stereocenters. The zero-order valence-electron chi connectivity index (χ0n) is 18.1. The van der Waals surface area contributed by atoms with Crippen LogP contribution in [0.3, 0.4) is 0 Å². The summed E-state index contributed by atoms with van der Waals surface area (Å²) in [5, 5.41) is 4.96. The molecule has 3 heterocycles. The van der Waals surface area contributed by atoms with Gasteiger partial charge in [0.1, 0.15) is 5.75 Å². The van der Waals surface area contributed by atoms with Crippen LogP contribution in [0.2, 0.25) is 0 Å². The van der Waals surface area contributed by atoms with E-state index in [2.05, 4.69) is 9.42 Å². The third-order valence-electron chi connectivity index (χ3n) is 6.14. The van der Waals surface area contributed by atoms with Gasteiger partial charge in [-0.3, -0.25) is 9.48 Å². The molecule has 0 unspecified atom stereocenters. The Labute approximate surface area is 180 Å². The monoisotopic (exact) mass is 434 g/mol. The van der Waals surface area contributed by atoms with Crippen LogP contribution in [0.1, 0.15) is 42.6 Å². The number of fused-ring (bicyclic) bond motifs is 1. The molecule has 1 fully saturated rings. The van der Waals surface area contributed by atoms with E-state index in [-0.39, 0.29) is 17.7 Å². The van der Waals surface area contributed by atoms with Gasteiger partial charge in [-0.2, -0.15) is 13.9 Å². The summed E-state index contributed by atoms with van der Waals surface area (Å²) in [7, 11) is 1.86. The predicted molar refractivity (Wildman–Crippen MR) is 112 cm³/mol. The maximum absolute atomic E-state index is 12.8. The number of nitrogens with zero attached hydrogens (tertiary/aromatic N) is 4. The van der Waals surface area contributed by atoms with Gasteiger partial charge in [-0.25, -0.2) is 0 Å². The van der Waals surface area contributed by atoms with Crippen LogP contribution >= 0.6 is 0 Å². The van der Waals surface area contributed by atoms with E-state index in [0.29, 0.717) is 37.6 Å². The van der Waals surface area contributed by atoms with E-state index in [9.17, 15) is 13.6 Å². The second-order valence-electron chi connectivity index (χ2n) is 8.11. The first kappa shape index (κ1) is 21.5. The van der Waals surface area contributed by atoms with Gasteiger partial charge < -0.3 is 19.3 Å². The largest absolute Gasteiger partial charge is 0.434 e. The van der Waals surface area contributed by atoms with Crippen LogP contribution in [0, 0.1) is 6.92 Å². The minimum Gasteiger partial charge on any atom is -0.434 e. The summed E-state index contributed by atoms with van der Waals surface area (Å²) in [6, 6.07) is 5.48. The Morgan fingerprint density at radius 3 is 2.74 bits per heavy atom. The lowest BCUT2D eigenvalue weighted by Gasteiger charge is -2.29. The van der Waals surface area contributed by atoms with Crippen molar-refractivity contribution in [1.29, 1.82) is 0 Å². The minimum atomic E-state index is -2.89. The first-order valence-electron chi connectivity index (χ1n) is 10.6. The molecule has 9 heteroatoms. The number of anilines is 2. The van der Waals surface area contributed by atoms with E-state index < -0.39 is 6.61 Å². The molecule has 1 amide bonds. The van der Waals surface area contributed by atoms with Crippen molar-refractivity contribution < 1.29 is 23.0 Å². The second kappa shape index (κ2) is 8.82. The highest BCUT2D eigenvalue weighted by Crippen LogP contribution is 2.37. The number of alkyl halides is 2. The van der Waals surface area contributed by atoms with Gasteiger partial charge in [-0.15, -0.1) is 0 Å². The van der Waals surface area contributed by atoms with Crippen LogP contribution in [-0.2, 0) is 22.5 Å². The number of benzene rings is 1. The SMILES string of the molecule is CC(=O)N1CCc2c(c(N(C)c3ccc(C)c(OC(F)F)c3)nn2C2CCOCC2)C1. The number of halogens is 2. The molecule has 1 aromatic heterocycles. The molecule has 0 bridgehead atoms. The molecule has 0 spiro atoms. The first-order valence-corrected chi connectivity index (χ1v) is 10.6. The summed E-state index contributed by atoms with van der Waals surface area (Å²) < 4.78 is 37.9. The number of rotatable bonds is 5. The van der Waals surface area contributed by atoms with Crippen molar-refractivity contribution in [2.24, 2.45) is 0 Å². The van der Waals surface area contributed by atoms with Crippen LogP contribution in [0.4, 0.5) is 20.3 Å². The van der Waals surface area contributed by atoms with Crippen molar-refractivity contribution in [3.8, 4) is 5.75 Å². The van der Waals surface area contributed by atoms with E-state index in [1.807, 2.05) is 22.9 Å². The third-order valence-corrected chi connectivity index (χ3v) is 6.14. The number of hydrogen-bond acceptors (Lipinski definition) is 5. The fourth-order valence-corrected chi connectivity index (χ4v) is 4.34. The normalized spacial score (nSPS) is 17.0. The highest BCUT2D eigenvalue weighted by Gasteiger charge is 2.31. The highest BCUT2D eigenvalue weighted by atomic mass is 19.3. The van der Waals surface area contributed by atoms with E-state index in [1.54, 1.807) is 26.0 Å². The number of hydrogen-bond donors (Lipinski definition) is 0. The van der Waals surface area contributed by atoms with Gasteiger partial charge in [0.15, 0.2) is 5.82 Å². The highest BCUT2D eigenvalue weighted by molar-refractivity contribution is 5.74. The molecule has 1 saturated heterocycles. The molecular formula is C22H28F2N4O3. The molecule has 2 aromatic rings. The van der Waals surface area contributed by atoms with Gasteiger partial charge in [-0.1, -0.05) is 6.07 Å². The summed E-state index contributed by atoms with van der Waals surface area (Å²) in [6.07, 6.45) is 2.52. The molecular weight excluding hydrogens is 406 g/mol. The molecule has 7 nitrogen and oxygen atoms in total. The zero-order valence-corrected chi connectivity index (χ0v) is 18.1. The van der Waals surface area contributed by atoms with E-state index in [1.165, 1.54) is 0 Å². The molecule has 31 heavy (non-hydrogen) atoms. The first-order chi connectivity index (χ1) is 14.8. The maximum atomic E-state index is 12.8. The summed E-state index contributed by atoms with van der Waals surface area (Å²) in [5.41, 5.74) is 3.48. The predicted octanol–water partition coefficient (Wildman–Crippen LogP) is 3.82. The Bertz CT molecular complexity index is 956. The Morgan fingerprint density at radius 2 is 2.06 bits per heavy atom. The molecule has 4 rings (SSSR count). The lowest BCUT2D eigenvalue weighted by molar-refractivity contribution is -0.129. The fourth-order valence-electron chi connectivity index (χ4n) is 4.34. The lowest BCUT2D eigenvalue weighted by Crippen LogP contribution is -2.35. The Morgan fingerprint density at radius 1 is 1.32 bits per heavy atom. The standard InChI is InChI=1S/C22H28F2N4O3/c1-14-4-5-17(12-20(14)31-22(23)24)26(3)21-18-13-27(15(2)29)9-6-19(18)28(25-21)16-7-10-30-11-8-16/h4-5,12,16,22H,6-11,13H2,1-3H3. The third kappa shape index (κ3) is 4.37. The average Bonchev–Trinajstić information content (AvgIpc) is 3.14. The minimum absolute atomic E-state index is 0.0287. The quantitative estimate of drug-likeness (QED) is 0.716. The molecule has 1 aromatic carbocycles. The van der Waals surface area contributed by atoms with E-state index in [4.69, 9.17) is 9.84 Å². The zero-order chi connectivity index (χ0) is 22.1. The number of carbonyl (C=O) groups is 1. The molecule has 2 aliphatic rings.